The van der Waals surface area contributed by atoms with Gasteiger partial charge in [0.05, 0.1) is 15.5 Å². The van der Waals surface area contributed by atoms with E-state index in [9.17, 15) is 19.7 Å². The summed E-state index contributed by atoms with van der Waals surface area (Å²) in [5.41, 5.74) is 0.690. The highest BCUT2D eigenvalue weighted by atomic mass is 35.5. The number of nitro groups is 1. The Kier molecular flexibility index (Phi) is 5.18. The van der Waals surface area contributed by atoms with Gasteiger partial charge in [0.1, 0.15) is 6.67 Å². The summed E-state index contributed by atoms with van der Waals surface area (Å²) in [5, 5.41) is 11.2. The minimum atomic E-state index is -0.506. The van der Waals surface area contributed by atoms with Crippen LogP contribution in [-0.2, 0) is 4.79 Å². The molecule has 26 heavy (non-hydrogen) atoms. The van der Waals surface area contributed by atoms with Gasteiger partial charge in [-0.3, -0.25) is 24.6 Å². The van der Waals surface area contributed by atoms with Gasteiger partial charge in [-0.15, -0.1) is 0 Å². The lowest BCUT2D eigenvalue weighted by atomic mass is 10.1. The molecule has 8 heteroatoms. The molecule has 0 N–H and O–H groups in total. The number of hydrogen-bond acceptors (Lipinski definition) is 4. The smallest absolute Gasteiger partial charge is 0.269 e. The highest BCUT2D eigenvalue weighted by molar-refractivity contribution is 6.34. The number of rotatable bonds is 5. The summed E-state index contributed by atoms with van der Waals surface area (Å²) in [6, 6.07) is 12.3. The van der Waals surface area contributed by atoms with E-state index in [-0.39, 0.29) is 24.2 Å². The van der Waals surface area contributed by atoms with Crippen LogP contribution >= 0.6 is 11.6 Å². The lowest BCUT2D eigenvalue weighted by Crippen LogP contribution is -2.42. The summed E-state index contributed by atoms with van der Waals surface area (Å²) < 4.78 is 0. The third-order valence-corrected chi connectivity index (χ3v) is 4.53. The number of benzene rings is 2. The van der Waals surface area contributed by atoms with Crippen LogP contribution < -0.4 is 4.90 Å². The molecule has 1 aliphatic heterocycles. The SMILES string of the molecule is O=C1CCCN1CN(C(=O)c1ccccc1Cl)c1ccc([N+](=O)[O-])cc1. The minimum Gasteiger partial charge on any atom is -0.324 e. The van der Waals surface area contributed by atoms with Crippen molar-refractivity contribution in [2.75, 3.05) is 18.1 Å². The van der Waals surface area contributed by atoms with E-state index in [0.29, 0.717) is 29.2 Å². The van der Waals surface area contributed by atoms with Crippen molar-refractivity contribution in [1.82, 2.24) is 4.90 Å². The van der Waals surface area contributed by atoms with E-state index < -0.39 is 4.92 Å². The second-order valence-electron chi connectivity index (χ2n) is 5.89. The molecule has 0 bridgehead atoms. The Bertz CT molecular complexity index is 854. The van der Waals surface area contributed by atoms with Crippen LogP contribution in [-0.4, -0.2) is 34.9 Å². The maximum Gasteiger partial charge on any atom is 0.269 e. The van der Waals surface area contributed by atoms with Gasteiger partial charge in [0.15, 0.2) is 0 Å². The first-order valence-electron chi connectivity index (χ1n) is 8.06. The number of nitro benzene ring substituents is 1. The van der Waals surface area contributed by atoms with E-state index in [1.807, 2.05) is 0 Å². The fourth-order valence-electron chi connectivity index (χ4n) is 2.82. The predicted octanol–water partition coefficient (Wildman–Crippen LogP) is 3.47. The largest absolute Gasteiger partial charge is 0.324 e. The normalized spacial score (nSPS) is 13.7. The monoisotopic (exact) mass is 373 g/mol. The minimum absolute atomic E-state index is 0.0242. The summed E-state index contributed by atoms with van der Waals surface area (Å²) in [6.07, 6.45) is 1.20. The van der Waals surface area contributed by atoms with E-state index >= 15 is 0 Å². The third-order valence-electron chi connectivity index (χ3n) is 4.21. The van der Waals surface area contributed by atoms with Crippen molar-refractivity contribution in [2.24, 2.45) is 0 Å². The first-order chi connectivity index (χ1) is 12.5. The van der Waals surface area contributed by atoms with Crippen LogP contribution in [0, 0.1) is 10.1 Å². The topological polar surface area (TPSA) is 83.8 Å². The fraction of sp³-hybridized carbons (Fsp3) is 0.222. The quantitative estimate of drug-likeness (QED) is 0.593. The molecule has 0 aliphatic carbocycles. The maximum atomic E-state index is 13.0. The van der Waals surface area contributed by atoms with Crippen LogP contribution in [0.5, 0.6) is 0 Å². The lowest BCUT2D eigenvalue weighted by molar-refractivity contribution is -0.384. The molecule has 0 atom stereocenters. The molecule has 1 fully saturated rings. The van der Waals surface area contributed by atoms with E-state index in [0.717, 1.165) is 6.42 Å². The lowest BCUT2D eigenvalue weighted by Gasteiger charge is -2.28. The first kappa shape index (κ1) is 17.9. The number of non-ortho nitro benzene ring substituents is 1. The molecule has 134 valence electrons. The molecule has 7 nitrogen and oxygen atoms in total. The molecular formula is C18H16ClN3O4. The number of halogens is 1. The number of amides is 2. The zero-order valence-electron chi connectivity index (χ0n) is 13.8. The molecule has 2 aromatic rings. The number of carbonyl (C=O) groups is 2. The van der Waals surface area contributed by atoms with Crippen molar-refractivity contribution in [1.29, 1.82) is 0 Å². The number of hydrogen-bond donors (Lipinski definition) is 0. The van der Waals surface area contributed by atoms with E-state index in [1.54, 1.807) is 29.2 Å². The Morgan fingerprint density at radius 2 is 1.88 bits per heavy atom. The molecule has 1 heterocycles. The molecule has 0 spiro atoms. The average molecular weight is 374 g/mol. The third kappa shape index (κ3) is 3.67. The van der Waals surface area contributed by atoms with Crippen molar-refractivity contribution in [3.05, 3.63) is 69.2 Å². The molecule has 0 saturated carbocycles. The molecular weight excluding hydrogens is 358 g/mol. The fourth-order valence-corrected chi connectivity index (χ4v) is 3.04. The number of carbonyl (C=O) groups excluding carboxylic acids is 2. The number of likely N-dealkylation sites (tertiary alicyclic amines) is 1. The Labute approximate surface area is 154 Å². The summed E-state index contributed by atoms with van der Waals surface area (Å²) in [5.74, 6) is -0.395. The molecule has 2 amide bonds. The van der Waals surface area contributed by atoms with Crippen molar-refractivity contribution in [3.63, 3.8) is 0 Å². The van der Waals surface area contributed by atoms with Crippen molar-refractivity contribution in [3.8, 4) is 0 Å². The van der Waals surface area contributed by atoms with Crippen molar-refractivity contribution < 1.29 is 14.5 Å². The Hall–Kier alpha value is -2.93. The van der Waals surface area contributed by atoms with Gasteiger partial charge in [0.25, 0.3) is 11.6 Å². The van der Waals surface area contributed by atoms with E-state index in [4.69, 9.17) is 11.6 Å². The average Bonchev–Trinajstić information content (AvgIpc) is 3.04. The van der Waals surface area contributed by atoms with Gasteiger partial charge < -0.3 is 4.90 Å². The molecule has 0 unspecified atom stereocenters. The van der Waals surface area contributed by atoms with Crippen LogP contribution in [0.4, 0.5) is 11.4 Å². The van der Waals surface area contributed by atoms with Crippen LogP contribution in [0.3, 0.4) is 0 Å². The van der Waals surface area contributed by atoms with E-state index in [1.165, 1.54) is 29.2 Å². The molecule has 2 aromatic carbocycles. The Balaban J connectivity index is 1.95. The van der Waals surface area contributed by atoms with Crippen LogP contribution in [0.2, 0.25) is 5.02 Å². The number of nitrogens with zero attached hydrogens (tertiary/aromatic N) is 3. The Morgan fingerprint density at radius 3 is 2.46 bits per heavy atom. The van der Waals surface area contributed by atoms with E-state index in [2.05, 4.69) is 0 Å². The van der Waals surface area contributed by atoms with Crippen LogP contribution in [0.1, 0.15) is 23.2 Å². The zero-order chi connectivity index (χ0) is 18.7. The summed E-state index contributed by atoms with van der Waals surface area (Å²) in [4.78, 5) is 38.4. The van der Waals surface area contributed by atoms with Gasteiger partial charge in [-0.2, -0.15) is 0 Å². The van der Waals surface area contributed by atoms with Gasteiger partial charge in [0.2, 0.25) is 5.91 Å². The highest BCUT2D eigenvalue weighted by Crippen LogP contribution is 2.25. The molecule has 1 aliphatic rings. The number of anilines is 1. The van der Waals surface area contributed by atoms with Crippen LogP contribution in [0.15, 0.2) is 48.5 Å². The second-order valence-corrected chi connectivity index (χ2v) is 6.30. The van der Waals surface area contributed by atoms with Crippen molar-refractivity contribution >= 4 is 34.8 Å². The molecule has 3 rings (SSSR count). The predicted molar refractivity (Wildman–Crippen MR) is 97.2 cm³/mol. The second kappa shape index (κ2) is 7.53. The Morgan fingerprint density at radius 1 is 1.19 bits per heavy atom. The first-order valence-corrected chi connectivity index (χ1v) is 8.44. The summed E-state index contributed by atoms with van der Waals surface area (Å²) >= 11 is 6.15. The van der Waals surface area contributed by atoms with Gasteiger partial charge in [-0.05, 0) is 30.7 Å². The molecule has 0 aromatic heterocycles. The van der Waals surface area contributed by atoms with Crippen LogP contribution in [0.25, 0.3) is 0 Å². The summed E-state index contributed by atoms with van der Waals surface area (Å²) in [7, 11) is 0. The van der Waals surface area contributed by atoms with Crippen molar-refractivity contribution in [2.45, 2.75) is 12.8 Å². The van der Waals surface area contributed by atoms with Gasteiger partial charge in [-0.25, -0.2) is 0 Å². The standard InChI is InChI=1S/C18H16ClN3O4/c19-16-5-2-1-4-15(16)18(24)21(12-20-11-3-6-17(20)23)13-7-9-14(10-8-13)22(25)26/h1-2,4-5,7-10H,3,6,11-12H2. The van der Waals surface area contributed by atoms with Gasteiger partial charge >= 0.3 is 0 Å². The molecule has 0 radical (unpaired) electrons. The maximum absolute atomic E-state index is 13.0. The molecule has 1 saturated heterocycles. The van der Waals surface area contributed by atoms with Gasteiger partial charge in [0, 0.05) is 30.8 Å². The highest BCUT2D eigenvalue weighted by Gasteiger charge is 2.27. The summed E-state index contributed by atoms with van der Waals surface area (Å²) in [6.45, 7) is 0.638. The zero-order valence-corrected chi connectivity index (χ0v) is 14.6. The van der Waals surface area contributed by atoms with Gasteiger partial charge in [-0.1, -0.05) is 23.7 Å².